The van der Waals surface area contributed by atoms with E-state index in [1.807, 2.05) is 0 Å². The smallest absolute Gasteiger partial charge is 0.406 e. The van der Waals surface area contributed by atoms with Crippen LogP contribution >= 0.6 is 29.1 Å². The van der Waals surface area contributed by atoms with Crippen molar-refractivity contribution in [3.05, 3.63) is 24.3 Å². The molecule has 0 saturated heterocycles. The van der Waals surface area contributed by atoms with Crippen LogP contribution in [-0.2, 0) is 0 Å². The summed E-state index contributed by atoms with van der Waals surface area (Å²) in [5, 5.41) is 0.581. The maximum atomic E-state index is 11.7. The van der Waals surface area contributed by atoms with E-state index >= 15 is 0 Å². The second-order valence-electron chi connectivity index (χ2n) is 2.27. The SMILES string of the molecule is FC(F)(F)Oc1ccc(P(Cl)Cl)cc1. The average molecular weight is 263 g/mol. The Kier molecular flexibility index (Phi) is 3.87. The summed E-state index contributed by atoms with van der Waals surface area (Å²) in [4.78, 5) is 0. The zero-order valence-electron chi connectivity index (χ0n) is 6.55. The molecular formula is C7H4Cl2F3OP. The molecular weight excluding hydrogens is 259 g/mol. The molecule has 0 heterocycles. The largest absolute Gasteiger partial charge is 0.573 e. The number of hydrogen-bond acceptors (Lipinski definition) is 1. The number of rotatable bonds is 2. The van der Waals surface area contributed by atoms with Gasteiger partial charge in [0, 0.05) is 5.30 Å². The fourth-order valence-corrected chi connectivity index (χ4v) is 1.81. The maximum absolute atomic E-state index is 11.7. The number of ether oxygens (including phenoxy) is 1. The molecule has 0 amide bonds. The van der Waals surface area contributed by atoms with E-state index in [1.54, 1.807) is 0 Å². The molecule has 14 heavy (non-hydrogen) atoms. The summed E-state index contributed by atoms with van der Waals surface area (Å²) < 4.78 is 38.8. The molecule has 0 aliphatic carbocycles. The van der Waals surface area contributed by atoms with Crippen LogP contribution in [0, 0.1) is 0 Å². The molecule has 1 nitrogen and oxygen atoms in total. The molecule has 0 aliphatic heterocycles. The minimum Gasteiger partial charge on any atom is -0.406 e. The second kappa shape index (κ2) is 4.56. The van der Waals surface area contributed by atoms with Crippen molar-refractivity contribution in [2.75, 3.05) is 0 Å². The van der Waals surface area contributed by atoms with Gasteiger partial charge >= 0.3 is 6.36 Å². The summed E-state index contributed by atoms with van der Waals surface area (Å²) in [5.41, 5.74) is 0. The highest BCUT2D eigenvalue weighted by Crippen LogP contribution is 2.45. The number of hydrogen-bond donors (Lipinski definition) is 0. The molecule has 0 radical (unpaired) electrons. The van der Waals surface area contributed by atoms with E-state index in [0.717, 1.165) is 0 Å². The zero-order valence-corrected chi connectivity index (χ0v) is 8.96. The van der Waals surface area contributed by atoms with Crippen molar-refractivity contribution in [3.8, 4) is 5.75 Å². The predicted molar refractivity (Wildman–Crippen MR) is 51.4 cm³/mol. The first-order valence-corrected chi connectivity index (χ1v) is 6.51. The Morgan fingerprint density at radius 2 is 1.57 bits per heavy atom. The van der Waals surface area contributed by atoms with Crippen LogP contribution < -0.4 is 10.0 Å². The lowest BCUT2D eigenvalue weighted by Crippen LogP contribution is -2.17. The Morgan fingerprint density at radius 3 is 1.93 bits per heavy atom. The van der Waals surface area contributed by atoms with E-state index in [4.69, 9.17) is 22.5 Å². The second-order valence-corrected chi connectivity index (χ2v) is 5.80. The van der Waals surface area contributed by atoms with Crippen LogP contribution in [0.25, 0.3) is 0 Å². The van der Waals surface area contributed by atoms with E-state index in [0.29, 0.717) is 5.30 Å². The summed E-state index contributed by atoms with van der Waals surface area (Å²) in [6, 6.07) is 5.13. The highest BCUT2D eigenvalue weighted by atomic mass is 35.9. The van der Waals surface area contributed by atoms with Crippen LogP contribution in [0.15, 0.2) is 24.3 Å². The van der Waals surface area contributed by atoms with Crippen molar-refractivity contribution in [3.63, 3.8) is 0 Å². The minimum absolute atomic E-state index is 0.286. The summed E-state index contributed by atoms with van der Waals surface area (Å²) in [6.45, 7) is -1.33. The first kappa shape index (κ1) is 11.9. The van der Waals surface area contributed by atoms with Crippen molar-refractivity contribution in [2.24, 2.45) is 0 Å². The summed E-state index contributed by atoms with van der Waals surface area (Å²) in [5.74, 6) is -0.286. The van der Waals surface area contributed by atoms with Crippen LogP contribution in [0.3, 0.4) is 0 Å². The third-order valence-corrected chi connectivity index (χ3v) is 3.13. The van der Waals surface area contributed by atoms with Crippen molar-refractivity contribution in [1.82, 2.24) is 0 Å². The molecule has 0 atom stereocenters. The van der Waals surface area contributed by atoms with Crippen LogP contribution in [0.4, 0.5) is 13.2 Å². The van der Waals surface area contributed by atoms with Gasteiger partial charge in [-0.2, -0.15) is 0 Å². The molecule has 0 bridgehead atoms. The average Bonchev–Trinajstić information content (AvgIpc) is 2.02. The first-order valence-electron chi connectivity index (χ1n) is 3.36. The van der Waals surface area contributed by atoms with Crippen LogP contribution in [0.5, 0.6) is 5.75 Å². The quantitative estimate of drug-likeness (QED) is 0.732. The summed E-state index contributed by atoms with van der Waals surface area (Å²) >= 11 is 11.1. The molecule has 1 aromatic rings. The van der Waals surface area contributed by atoms with E-state index < -0.39 is 13.0 Å². The molecule has 7 heteroatoms. The van der Waals surface area contributed by atoms with Gasteiger partial charge < -0.3 is 4.74 Å². The summed E-state index contributed by atoms with van der Waals surface area (Å²) in [7, 11) is 0. The molecule has 78 valence electrons. The van der Waals surface area contributed by atoms with Gasteiger partial charge in [0.2, 0.25) is 0 Å². The van der Waals surface area contributed by atoms with E-state index in [-0.39, 0.29) is 5.75 Å². The molecule has 0 saturated carbocycles. The van der Waals surface area contributed by atoms with Crippen molar-refractivity contribution in [2.45, 2.75) is 6.36 Å². The minimum atomic E-state index is -4.67. The van der Waals surface area contributed by atoms with E-state index in [1.165, 1.54) is 24.3 Å². The van der Waals surface area contributed by atoms with Gasteiger partial charge in [0.05, 0.1) is 0 Å². The Hall–Kier alpha value is -0.180. The van der Waals surface area contributed by atoms with Gasteiger partial charge in [0.15, 0.2) is 0 Å². The monoisotopic (exact) mass is 262 g/mol. The predicted octanol–water partition coefficient (Wildman–Crippen LogP) is 4.00. The normalized spacial score (nSPS) is 11.9. The third kappa shape index (κ3) is 3.91. The zero-order chi connectivity index (χ0) is 10.8. The third-order valence-electron chi connectivity index (χ3n) is 1.27. The highest BCUT2D eigenvalue weighted by molar-refractivity contribution is 8.08. The lowest BCUT2D eigenvalue weighted by atomic mass is 10.3. The fourth-order valence-electron chi connectivity index (χ4n) is 0.760. The van der Waals surface area contributed by atoms with Gasteiger partial charge in [-0.25, -0.2) is 0 Å². The molecule has 0 aromatic heterocycles. The highest BCUT2D eigenvalue weighted by Gasteiger charge is 2.30. The van der Waals surface area contributed by atoms with Gasteiger partial charge in [-0.05, 0) is 24.3 Å². The van der Waals surface area contributed by atoms with Crippen LogP contribution in [0.2, 0.25) is 0 Å². The molecule has 0 aliphatic rings. The standard InChI is InChI=1S/C7H4Cl2F3OP/c8-14(9)6-3-1-5(2-4-6)13-7(10,11)12/h1-4H. The lowest BCUT2D eigenvalue weighted by molar-refractivity contribution is -0.274. The van der Waals surface area contributed by atoms with E-state index in [2.05, 4.69) is 4.74 Å². The fraction of sp³-hybridized carbons (Fsp3) is 0.143. The Morgan fingerprint density at radius 1 is 1.07 bits per heavy atom. The first-order chi connectivity index (χ1) is 6.38. The Balaban J connectivity index is 2.74. The topological polar surface area (TPSA) is 9.23 Å². The van der Waals surface area contributed by atoms with Gasteiger partial charge in [-0.1, -0.05) is 22.5 Å². The molecule has 1 rings (SSSR count). The molecule has 0 unspecified atom stereocenters. The van der Waals surface area contributed by atoms with E-state index in [9.17, 15) is 13.2 Å². The summed E-state index contributed by atoms with van der Waals surface area (Å²) in [6.07, 6.45) is -4.67. The van der Waals surface area contributed by atoms with Gasteiger partial charge in [-0.3, -0.25) is 0 Å². The Labute approximate surface area is 89.1 Å². The maximum Gasteiger partial charge on any atom is 0.573 e. The lowest BCUT2D eigenvalue weighted by Gasteiger charge is -2.09. The number of halogens is 5. The molecule has 0 fully saturated rings. The van der Waals surface area contributed by atoms with Gasteiger partial charge in [0.25, 0.3) is 0 Å². The number of alkyl halides is 3. The van der Waals surface area contributed by atoms with Crippen molar-refractivity contribution in [1.29, 1.82) is 0 Å². The molecule has 0 spiro atoms. The van der Waals surface area contributed by atoms with Crippen LogP contribution in [-0.4, -0.2) is 6.36 Å². The van der Waals surface area contributed by atoms with Gasteiger partial charge in [-0.15, -0.1) is 13.2 Å². The van der Waals surface area contributed by atoms with Crippen LogP contribution in [0.1, 0.15) is 0 Å². The Bertz CT molecular complexity index is 299. The molecule has 0 N–H and O–H groups in total. The van der Waals surface area contributed by atoms with Crippen molar-refractivity contribution >= 4 is 34.4 Å². The number of benzene rings is 1. The van der Waals surface area contributed by atoms with Gasteiger partial charge in [0.1, 0.15) is 12.4 Å². The van der Waals surface area contributed by atoms with Crippen molar-refractivity contribution < 1.29 is 17.9 Å². The molecule has 1 aromatic carbocycles.